The van der Waals surface area contributed by atoms with E-state index >= 15 is 0 Å². The molecule has 0 radical (unpaired) electrons. The van der Waals surface area contributed by atoms with Gasteiger partial charge < -0.3 is 24.0 Å². The molecule has 0 N–H and O–H groups in total. The summed E-state index contributed by atoms with van der Waals surface area (Å²) in [6.45, 7) is 0. The Kier molecular flexibility index (Phi) is 4.60. The topological polar surface area (TPSA) is 29.7 Å². The number of hydrogen-bond donors (Lipinski definition) is 0. The Morgan fingerprint density at radius 2 is 2.00 bits per heavy atom. The summed E-state index contributed by atoms with van der Waals surface area (Å²) in [4.78, 5) is 8.27. The van der Waals surface area contributed by atoms with Crippen LogP contribution in [0.1, 0.15) is 10.7 Å². The second kappa shape index (κ2) is 6.21. The van der Waals surface area contributed by atoms with Crippen molar-refractivity contribution in [2.75, 3.05) is 0 Å². The fourth-order valence-corrected chi connectivity index (χ4v) is 2.87. The van der Waals surface area contributed by atoms with Crippen LogP contribution in [0.2, 0.25) is 0 Å². The number of para-hydroxylation sites is 1. The maximum Gasteiger partial charge on any atom is 0.262 e. The number of thiazole rings is 1. The van der Waals surface area contributed by atoms with Crippen molar-refractivity contribution in [2.24, 2.45) is 7.05 Å². The Morgan fingerprint density at radius 1 is 1.16 bits per heavy atom. The Labute approximate surface area is 132 Å². The van der Waals surface area contributed by atoms with Crippen LogP contribution in [-0.4, -0.2) is 9.97 Å². The maximum absolute atomic E-state index is 4.22. The average molecular weight is 381 g/mol. The molecule has 0 amide bonds. The number of fused-ring (bicyclic) bond motifs is 1. The van der Waals surface area contributed by atoms with E-state index in [2.05, 4.69) is 51.9 Å². The molecule has 2 heterocycles. The van der Waals surface area contributed by atoms with Crippen LogP contribution in [0.5, 0.6) is 0 Å². The minimum Gasteiger partial charge on any atom is -1.00 e. The van der Waals surface area contributed by atoms with Gasteiger partial charge in [0.15, 0.2) is 0 Å². The number of aromatic nitrogens is 3. The normalized spacial score (nSPS) is 10.8. The minimum atomic E-state index is 0. The van der Waals surface area contributed by atoms with Gasteiger partial charge in [-0.25, -0.2) is 0 Å². The zero-order valence-corrected chi connectivity index (χ0v) is 13.3. The van der Waals surface area contributed by atoms with E-state index in [0.717, 1.165) is 5.69 Å². The maximum atomic E-state index is 4.22. The van der Waals surface area contributed by atoms with Crippen LogP contribution in [0.4, 0.5) is 0 Å². The van der Waals surface area contributed by atoms with Gasteiger partial charge in [-0.2, -0.15) is 4.57 Å². The van der Waals surface area contributed by atoms with Crippen molar-refractivity contribution in [2.45, 2.75) is 0 Å². The summed E-state index contributed by atoms with van der Waals surface area (Å²) in [7, 11) is 2.08. The van der Waals surface area contributed by atoms with Crippen molar-refractivity contribution in [3.8, 4) is 0 Å². The van der Waals surface area contributed by atoms with Crippen LogP contribution in [0.15, 0.2) is 42.9 Å². The van der Waals surface area contributed by atoms with Crippen molar-refractivity contribution in [3.63, 3.8) is 0 Å². The van der Waals surface area contributed by atoms with Gasteiger partial charge in [0.25, 0.3) is 5.01 Å². The zero-order valence-electron chi connectivity index (χ0n) is 10.3. The van der Waals surface area contributed by atoms with E-state index in [-0.39, 0.29) is 24.0 Å². The SMILES string of the molecule is C[n+]1c(/C=C/c2cnccn2)sc2ccccc21.[I-]. The predicted octanol–water partition coefficient (Wildman–Crippen LogP) is -0.310. The van der Waals surface area contributed by atoms with Crippen LogP contribution in [0.25, 0.3) is 22.4 Å². The highest BCUT2D eigenvalue weighted by atomic mass is 127. The molecular formula is C14H12IN3S. The van der Waals surface area contributed by atoms with E-state index < -0.39 is 0 Å². The second-order valence-electron chi connectivity index (χ2n) is 3.93. The molecule has 2 aromatic heterocycles. The Balaban J connectivity index is 0.00000133. The van der Waals surface area contributed by atoms with Crippen LogP contribution in [-0.2, 0) is 7.05 Å². The summed E-state index contributed by atoms with van der Waals surface area (Å²) < 4.78 is 3.48. The van der Waals surface area contributed by atoms with E-state index in [0.29, 0.717) is 0 Å². The van der Waals surface area contributed by atoms with Crippen LogP contribution < -0.4 is 28.5 Å². The van der Waals surface area contributed by atoms with Crippen LogP contribution in [0.3, 0.4) is 0 Å². The highest BCUT2D eigenvalue weighted by Crippen LogP contribution is 2.20. The number of aryl methyl sites for hydroxylation is 1. The van der Waals surface area contributed by atoms with Crippen LogP contribution >= 0.6 is 11.3 Å². The van der Waals surface area contributed by atoms with Crippen molar-refractivity contribution in [1.29, 1.82) is 0 Å². The molecule has 3 aromatic rings. The standard InChI is InChI=1S/C14H12N3S.HI/c1-17-12-4-2-3-5-13(12)18-14(17)7-6-11-10-15-8-9-16-11;/h2-10H,1H3;1H/q+1;/p-1. The molecular weight excluding hydrogens is 369 g/mol. The van der Waals surface area contributed by atoms with Crippen molar-refractivity contribution in [3.05, 3.63) is 53.6 Å². The van der Waals surface area contributed by atoms with Gasteiger partial charge in [0.1, 0.15) is 11.7 Å². The molecule has 3 nitrogen and oxygen atoms in total. The molecule has 0 spiro atoms. The molecule has 96 valence electrons. The molecule has 0 saturated heterocycles. The van der Waals surface area contributed by atoms with Gasteiger partial charge >= 0.3 is 0 Å². The Bertz CT molecular complexity index is 707. The summed E-state index contributed by atoms with van der Waals surface area (Å²) in [5, 5.41) is 1.20. The number of nitrogens with zero attached hydrogens (tertiary/aromatic N) is 3. The second-order valence-corrected chi connectivity index (χ2v) is 4.99. The molecule has 0 aliphatic heterocycles. The first-order valence-corrected chi connectivity index (χ1v) is 6.48. The highest BCUT2D eigenvalue weighted by Gasteiger charge is 2.13. The zero-order chi connectivity index (χ0) is 12.4. The molecule has 19 heavy (non-hydrogen) atoms. The Morgan fingerprint density at radius 3 is 2.74 bits per heavy atom. The smallest absolute Gasteiger partial charge is 0.262 e. The number of halogens is 1. The first-order chi connectivity index (χ1) is 8.84. The van der Waals surface area contributed by atoms with Gasteiger partial charge in [0.05, 0.1) is 11.9 Å². The lowest BCUT2D eigenvalue weighted by Crippen LogP contribution is -3.00. The van der Waals surface area contributed by atoms with Gasteiger partial charge in [-0.1, -0.05) is 23.5 Å². The molecule has 1 aromatic carbocycles. The van der Waals surface area contributed by atoms with E-state index in [9.17, 15) is 0 Å². The molecule has 3 rings (SSSR count). The molecule has 0 fully saturated rings. The lowest BCUT2D eigenvalue weighted by Gasteiger charge is -1.88. The molecule has 0 bridgehead atoms. The lowest BCUT2D eigenvalue weighted by molar-refractivity contribution is -0.642. The average Bonchev–Trinajstić information content (AvgIpc) is 2.75. The number of rotatable bonds is 2. The van der Waals surface area contributed by atoms with Gasteiger partial charge in [0, 0.05) is 24.5 Å². The third kappa shape index (κ3) is 2.98. The molecule has 5 heteroatoms. The third-order valence-corrected chi connectivity index (χ3v) is 3.94. The largest absolute Gasteiger partial charge is 1.00 e. The van der Waals surface area contributed by atoms with Gasteiger partial charge in [-0.05, 0) is 12.1 Å². The quantitative estimate of drug-likeness (QED) is 0.451. The predicted molar refractivity (Wildman–Crippen MR) is 74.0 cm³/mol. The van der Waals surface area contributed by atoms with E-state index in [4.69, 9.17) is 0 Å². The van der Waals surface area contributed by atoms with Gasteiger partial charge in [-0.3, -0.25) is 9.97 Å². The van der Waals surface area contributed by atoms with Crippen molar-refractivity contribution in [1.82, 2.24) is 9.97 Å². The van der Waals surface area contributed by atoms with Gasteiger partial charge in [0.2, 0.25) is 5.52 Å². The number of hydrogen-bond acceptors (Lipinski definition) is 3. The summed E-state index contributed by atoms with van der Waals surface area (Å²) in [5.74, 6) is 0. The molecule has 0 aliphatic carbocycles. The van der Waals surface area contributed by atoms with E-state index in [1.54, 1.807) is 29.9 Å². The summed E-state index contributed by atoms with van der Waals surface area (Å²) in [5.41, 5.74) is 2.12. The highest BCUT2D eigenvalue weighted by molar-refractivity contribution is 7.18. The first kappa shape index (κ1) is 14.1. The van der Waals surface area contributed by atoms with E-state index in [1.807, 2.05) is 6.08 Å². The van der Waals surface area contributed by atoms with Crippen molar-refractivity contribution >= 4 is 33.7 Å². The fraction of sp³-hybridized carbons (Fsp3) is 0.0714. The number of benzene rings is 1. The molecule has 0 aliphatic rings. The lowest BCUT2D eigenvalue weighted by atomic mass is 10.3. The first-order valence-electron chi connectivity index (χ1n) is 5.66. The summed E-state index contributed by atoms with van der Waals surface area (Å²) in [6.07, 6.45) is 9.19. The molecule has 0 unspecified atom stereocenters. The van der Waals surface area contributed by atoms with E-state index in [1.165, 1.54) is 15.2 Å². The third-order valence-electron chi connectivity index (χ3n) is 2.75. The fourth-order valence-electron chi connectivity index (χ4n) is 1.82. The molecule has 0 atom stereocenters. The molecule has 0 saturated carbocycles. The monoisotopic (exact) mass is 381 g/mol. The summed E-state index contributed by atoms with van der Waals surface area (Å²) in [6, 6.07) is 8.39. The van der Waals surface area contributed by atoms with Gasteiger partial charge in [-0.15, -0.1) is 0 Å². The summed E-state index contributed by atoms with van der Waals surface area (Å²) >= 11 is 1.77. The van der Waals surface area contributed by atoms with Crippen molar-refractivity contribution < 1.29 is 28.5 Å². The minimum absolute atomic E-state index is 0. The van der Waals surface area contributed by atoms with Crippen LogP contribution in [0, 0.1) is 0 Å². The Hall–Kier alpha value is -1.34.